The fraction of sp³-hybridized carbons (Fsp3) is 0.429. The molecule has 0 saturated carbocycles. The second-order valence-electron chi connectivity index (χ2n) is 7.89. The minimum atomic E-state index is 0.517. The van der Waals surface area contributed by atoms with Crippen LogP contribution in [0.5, 0.6) is 11.5 Å². The lowest BCUT2D eigenvalue weighted by Crippen LogP contribution is -2.65. The van der Waals surface area contributed by atoms with Crippen LogP contribution in [0.2, 0.25) is 0 Å². The van der Waals surface area contributed by atoms with E-state index in [4.69, 9.17) is 9.47 Å². The molecule has 0 N–H and O–H groups in total. The van der Waals surface area contributed by atoms with Crippen molar-refractivity contribution in [2.24, 2.45) is 5.41 Å². The van der Waals surface area contributed by atoms with Gasteiger partial charge < -0.3 is 19.3 Å². The second-order valence-corrected chi connectivity index (χ2v) is 9.72. The van der Waals surface area contributed by atoms with Gasteiger partial charge in [-0.25, -0.2) is 0 Å². The fourth-order valence-electron chi connectivity index (χ4n) is 4.31. The van der Waals surface area contributed by atoms with Gasteiger partial charge in [0.25, 0.3) is 0 Å². The number of benzene rings is 2. The lowest BCUT2D eigenvalue weighted by Gasteiger charge is -2.55. The van der Waals surface area contributed by atoms with E-state index in [9.17, 15) is 0 Å². The van der Waals surface area contributed by atoms with Gasteiger partial charge in [-0.05, 0) is 55.8 Å². The van der Waals surface area contributed by atoms with Crippen molar-refractivity contribution in [1.82, 2.24) is 4.90 Å². The Kier molecular flexibility index (Phi) is 4.71. The van der Waals surface area contributed by atoms with Crippen LogP contribution in [0.15, 0.2) is 45.3 Å². The predicted molar refractivity (Wildman–Crippen MR) is 114 cm³/mol. The maximum atomic E-state index is 6.16. The van der Waals surface area contributed by atoms with Crippen LogP contribution in [-0.2, 0) is 4.74 Å². The summed E-state index contributed by atoms with van der Waals surface area (Å²) in [6, 6.07) is 12.5. The van der Waals surface area contributed by atoms with Crippen LogP contribution < -0.4 is 9.64 Å². The number of hydrogen-bond acceptors (Lipinski definition) is 4. The van der Waals surface area contributed by atoms with Gasteiger partial charge in [0, 0.05) is 34.0 Å². The number of fused-ring (bicyclic) bond motifs is 2. The van der Waals surface area contributed by atoms with Crippen LogP contribution in [0, 0.1) is 5.41 Å². The molecule has 2 fully saturated rings. The standard InChI is InChI=1S/C21H22Br2N2O2/c22-15-3-5-17-19(9-15)27-20-10-16(23)4-6-18(20)25(17)8-2-1-7-24-11-21(12-24)13-26-14-21/h3-6,9-10H,1-2,7-8,11-14H2. The summed E-state index contributed by atoms with van der Waals surface area (Å²) in [5.74, 6) is 1.81. The van der Waals surface area contributed by atoms with Crippen LogP contribution in [0.1, 0.15) is 12.8 Å². The highest BCUT2D eigenvalue weighted by Crippen LogP contribution is 2.48. The van der Waals surface area contributed by atoms with Crippen LogP contribution in [0.25, 0.3) is 0 Å². The van der Waals surface area contributed by atoms with E-state index in [1.807, 2.05) is 12.1 Å². The molecule has 3 aliphatic rings. The van der Waals surface area contributed by atoms with Gasteiger partial charge in [0.05, 0.1) is 24.6 Å². The Hall–Kier alpha value is -1.08. The SMILES string of the molecule is Brc1ccc2c(c1)Oc1cc(Br)ccc1N2CCCCN1CC2(COC2)C1. The number of rotatable bonds is 5. The Morgan fingerprint density at radius 3 is 2.00 bits per heavy atom. The minimum Gasteiger partial charge on any atom is -0.453 e. The summed E-state index contributed by atoms with van der Waals surface area (Å²) >= 11 is 7.11. The Bertz CT molecular complexity index is 810. The Labute approximate surface area is 176 Å². The van der Waals surface area contributed by atoms with E-state index in [-0.39, 0.29) is 0 Å². The molecular weight excluding hydrogens is 472 g/mol. The van der Waals surface area contributed by atoms with E-state index in [0.29, 0.717) is 5.41 Å². The van der Waals surface area contributed by atoms with Crippen LogP contribution in [0.3, 0.4) is 0 Å². The molecule has 1 spiro atoms. The smallest absolute Gasteiger partial charge is 0.152 e. The third-order valence-corrected chi connectivity index (χ3v) is 6.67. The first-order valence-electron chi connectivity index (χ1n) is 9.47. The molecule has 6 heteroatoms. The molecule has 0 aromatic heterocycles. The molecule has 2 saturated heterocycles. The maximum Gasteiger partial charge on any atom is 0.152 e. The minimum absolute atomic E-state index is 0.517. The van der Waals surface area contributed by atoms with Crippen molar-refractivity contribution in [3.8, 4) is 11.5 Å². The largest absolute Gasteiger partial charge is 0.453 e. The van der Waals surface area contributed by atoms with Gasteiger partial charge in [0.15, 0.2) is 11.5 Å². The molecule has 4 nitrogen and oxygen atoms in total. The molecule has 0 radical (unpaired) electrons. The van der Waals surface area contributed by atoms with E-state index in [1.165, 1.54) is 26.1 Å². The van der Waals surface area contributed by atoms with Gasteiger partial charge >= 0.3 is 0 Å². The number of anilines is 2. The fourth-order valence-corrected chi connectivity index (χ4v) is 4.99. The first kappa shape index (κ1) is 18.0. The summed E-state index contributed by atoms with van der Waals surface area (Å²) in [7, 11) is 0. The molecule has 27 heavy (non-hydrogen) atoms. The predicted octanol–water partition coefficient (Wildman–Crippen LogP) is 5.57. The van der Waals surface area contributed by atoms with Crippen molar-refractivity contribution < 1.29 is 9.47 Å². The summed E-state index contributed by atoms with van der Waals surface area (Å²) in [4.78, 5) is 4.96. The number of hydrogen-bond donors (Lipinski definition) is 0. The van der Waals surface area contributed by atoms with Gasteiger partial charge in [0.2, 0.25) is 0 Å². The molecule has 0 unspecified atom stereocenters. The number of likely N-dealkylation sites (tertiary alicyclic amines) is 1. The second kappa shape index (κ2) is 7.07. The van der Waals surface area contributed by atoms with E-state index in [1.54, 1.807) is 0 Å². The summed E-state index contributed by atoms with van der Waals surface area (Å²) < 4.78 is 13.6. The van der Waals surface area contributed by atoms with E-state index in [0.717, 1.165) is 58.0 Å². The Morgan fingerprint density at radius 1 is 0.852 bits per heavy atom. The molecule has 2 aromatic rings. The molecule has 0 bridgehead atoms. The van der Waals surface area contributed by atoms with E-state index >= 15 is 0 Å². The van der Waals surface area contributed by atoms with Crippen molar-refractivity contribution in [3.63, 3.8) is 0 Å². The first-order chi connectivity index (χ1) is 13.1. The average Bonchev–Trinajstić information content (AvgIpc) is 2.57. The summed E-state index contributed by atoms with van der Waals surface area (Å²) in [5.41, 5.74) is 2.80. The first-order valence-corrected chi connectivity index (χ1v) is 11.1. The quantitative estimate of drug-likeness (QED) is 0.508. The zero-order valence-electron chi connectivity index (χ0n) is 15.1. The summed E-state index contributed by atoms with van der Waals surface area (Å²) in [5, 5.41) is 0. The highest BCUT2D eigenvalue weighted by atomic mass is 79.9. The topological polar surface area (TPSA) is 24.9 Å². The van der Waals surface area contributed by atoms with Crippen molar-refractivity contribution in [2.75, 3.05) is 44.3 Å². The van der Waals surface area contributed by atoms with Crippen LogP contribution in [-0.4, -0.2) is 44.3 Å². The molecule has 0 atom stereocenters. The molecule has 5 rings (SSSR count). The van der Waals surface area contributed by atoms with E-state index in [2.05, 4.69) is 65.9 Å². The van der Waals surface area contributed by atoms with Gasteiger partial charge in [-0.15, -0.1) is 0 Å². The molecule has 3 aliphatic heterocycles. The van der Waals surface area contributed by atoms with Crippen molar-refractivity contribution >= 4 is 43.2 Å². The Morgan fingerprint density at radius 2 is 1.44 bits per heavy atom. The molecular formula is C21H22Br2N2O2. The molecule has 2 aromatic carbocycles. The number of unbranched alkanes of at least 4 members (excludes halogenated alkanes) is 1. The lowest BCUT2D eigenvalue weighted by molar-refractivity contribution is -0.188. The van der Waals surface area contributed by atoms with Crippen LogP contribution >= 0.6 is 31.9 Å². The van der Waals surface area contributed by atoms with Crippen LogP contribution in [0.4, 0.5) is 11.4 Å². The zero-order valence-corrected chi connectivity index (χ0v) is 18.3. The number of halogens is 2. The lowest BCUT2D eigenvalue weighted by atomic mass is 9.78. The van der Waals surface area contributed by atoms with Gasteiger partial charge in [-0.1, -0.05) is 31.9 Å². The Balaban J connectivity index is 1.26. The molecule has 0 aliphatic carbocycles. The summed E-state index contributed by atoms with van der Waals surface area (Å²) in [6.45, 7) is 6.56. The van der Waals surface area contributed by atoms with E-state index < -0.39 is 0 Å². The molecule has 3 heterocycles. The van der Waals surface area contributed by atoms with Crippen molar-refractivity contribution in [3.05, 3.63) is 45.3 Å². The molecule has 0 amide bonds. The third-order valence-electron chi connectivity index (χ3n) is 5.69. The van der Waals surface area contributed by atoms with Gasteiger partial charge in [-0.3, -0.25) is 0 Å². The molecule has 142 valence electrons. The number of ether oxygens (including phenoxy) is 2. The van der Waals surface area contributed by atoms with Gasteiger partial charge in [-0.2, -0.15) is 0 Å². The zero-order chi connectivity index (χ0) is 18.4. The maximum absolute atomic E-state index is 6.16. The number of nitrogens with zero attached hydrogens (tertiary/aromatic N) is 2. The highest BCUT2D eigenvalue weighted by molar-refractivity contribution is 9.10. The highest BCUT2D eigenvalue weighted by Gasteiger charge is 2.48. The van der Waals surface area contributed by atoms with Crippen molar-refractivity contribution in [1.29, 1.82) is 0 Å². The van der Waals surface area contributed by atoms with Gasteiger partial charge in [0.1, 0.15) is 0 Å². The third kappa shape index (κ3) is 3.41. The normalized spacial score (nSPS) is 19.7. The monoisotopic (exact) mass is 492 g/mol. The average molecular weight is 494 g/mol. The van der Waals surface area contributed by atoms with Crippen molar-refractivity contribution in [2.45, 2.75) is 12.8 Å². The summed E-state index contributed by atoms with van der Waals surface area (Å²) in [6.07, 6.45) is 2.37.